The fraction of sp³-hybridized carbons (Fsp3) is 0. The molecule has 4 rings (SSSR count). The Labute approximate surface area is 136 Å². The number of phenols is 1. The van der Waals surface area contributed by atoms with Crippen LogP contribution < -0.4 is 0 Å². The average Bonchev–Trinajstić information content (AvgIpc) is 2.58. The van der Waals surface area contributed by atoms with Gasteiger partial charge in [0, 0.05) is 5.56 Å². The first-order valence-corrected chi connectivity index (χ1v) is 7.41. The molecular weight excluding hydrogens is 304 g/mol. The summed E-state index contributed by atoms with van der Waals surface area (Å²) in [5, 5.41) is 25.0. The van der Waals surface area contributed by atoms with Crippen LogP contribution in [0.5, 0.6) is 5.75 Å². The third kappa shape index (κ3) is 2.01. The summed E-state index contributed by atoms with van der Waals surface area (Å²) in [5.41, 5.74) is 0.440. The van der Waals surface area contributed by atoms with Gasteiger partial charge < -0.3 is 10.2 Å². The molecule has 0 saturated carbocycles. The van der Waals surface area contributed by atoms with Gasteiger partial charge >= 0.3 is 5.97 Å². The van der Waals surface area contributed by atoms with Crippen LogP contribution in [0, 0.1) is 0 Å². The van der Waals surface area contributed by atoms with Crippen LogP contribution in [0.4, 0.5) is 0 Å². The maximum atomic E-state index is 11.3. The number of carboxylic acids is 1. The maximum absolute atomic E-state index is 11.3. The molecule has 116 valence electrons. The van der Waals surface area contributed by atoms with Gasteiger partial charge in [-0.05, 0) is 50.5 Å². The van der Waals surface area contributed by atoms with Gasteiger partial charge in [-0.3, -0.25) is 4.79 Å². The van der Waals surface area contributed by atoms with Crippen molar-refractivity contribution in [2.24, 2.45) is 0 Å². The zero-order valence-corrected chi connectivity index (χ0v) is 12.5. The highest BCUT2D eigenvalue weighted by Crippen LogP contribution is 2.39. The number of rotatable bonds is 3. The Morgan fingerprint density at radius 2 is 1.54 bits per heavy atom. The zero-order chi connectivity index (χ0) is 16.8. The number of benzene rings is 4. The molecule has 0 atom stereocenters. The maximum Gasteiger partial charge on any atom is 0.376 e. The molecule has 4 nitrogen and oxygen atoms in total. The molecule has 2 N–H and O–H groups in total. The Balaban J connectivity index is 2.09. The Morgan fingerprint density at radius 3 is 2.25 bits per heavy atom. The second-order valence-electron chi connectivity index (χ2n) is 5.67. The quantitative estimate of drug-likeness (QED) is 0.341. The number of aromatic hydroxyl groups is 1. The van der Waals surface area contributed by atoms with Crippen molar-refractivity contribution >= 4 is 50.1 Å². The molecule has 0 aliphatic rings. The molecule has 0 amide bonds. The summed E-state index contributed by atoms with van der Waals surface area (Å²) >= 11 is 0. The Bertz CT molecular complexity index is 1140. The van der Waals surface area contributed by atoms with Crippen molar-refractivity contribution in [3.8, 4) is 5.75 Å². The fourth-order valence-corrected chi connectivity index (χ4v) is 3.22. The molecule has 4 aromatic carbocycles. The molecule has 0 fully saturated rings. The normalized spacial score (nSPS) is 11.8. The van der Waals surface area contributed by atoms with Gasteiger partial charge in [-0.2, -0.15) is 0 Å². The number of ketones is 1. The van der Waals surface area contributed by atoms with Crippen LogP contribution in [-0.4, -0.2) is 22.0 Å². The minimum absolute atomic E-state index is 0.00956. The largest absolute Gasteiger partial charge is 0.507 e. The van der Waals surface area contributed by atoms with Crippen molar-refractivity contribution in [3.63, 3.8) is 0 Å². The highest BCUT2D eigenvalue weighted by atomic mass is 16.4. The molecule has 0 bridgehead atoms. The predicted molar refractivity (Wildman–Crippen MR) is 93.5 cm³/mol. The summed E-state index contributed by atoms with van der Waals surface area (Å²) in [6.45, 7) is 0. The van der Waals surface area contributed by atoms with Crippen molar-refractivity contribution in [1.29, 1.82) is 0 Å². The Hall–Kier alpha value is -3.40. The second kappa shape index (κ2) is 5.06. The second-order valence-corrected chi connectivity index (χ2v) is 5.67. The molecule has 0 unspecified atom stereocenters. The average molecular weight is 316 g/mol. The Morgan fingerprint density at radius 1 is 0.875 bits per heavy atom. The monoisotopic (exact) mass is 316 g/mol. The molecule has 0 aromatic heterocycles. The van der Waals surface area contributed by atoms with Crippen LogP contribution in [0.25, 0.3) is 38.4 Å². The van der Waals surface area contributed by atoms with E-state index in [1.165, 1.54) is 6.08 Å². The number of carbonyl (C=O) groups is 2. The van der Waals surface area contributed by atoms with Gasteiger partial charge in [0.25, 0.3) is 5.78 Å². The summed E-state index contributed by atoms with van der Waals surface area (Å²) in [6, 6.07) is 15.5. The van der Waals surface area contributed by atoms with Crippen molar-refractivity contribution in [3.05, 3.63) is 60.2 Å². The van der Waals surface area contributed by atoms with E-state index < -0.39 is 11.8 Å². The first-order valence-electron chi connectivity index (χ1n) is 7.41. The van der Waals surface area contributed by atoms with Crippen molar-refractivity contribution in [1.82, 2.24) is 0 Å². The van der Waals surface area contributed by atoms with E-state index in [4.69, 9.17) is 5.11 Å². The lowest BCUT2D eigenvalue weighted by Crippen LogP contribution is -2.08. The van der Waals surface area contributed by atoms with Crippen molar-refractivity contribution < 1.29 is 19.8 Å². The van der Waals surface area contributed by atoms with Crippen LogP contribution in [0.15, 0.2) is 54.6 Å². The number of hydrogen-bond acceptors (Lipinski definition) is 3. The van der Waals surface area contributed by atoms with E-state index in [0.717, 1.165) is 38.4 Å². The molecule has 4 heteroatoms. The molecular formula is C20H12O4. The molecule has 0 heterocycles. The molecule has 0 saturated heterocycles. The standard InChI is InChI=1S/C20H12O4/c21-16(20(23)24)9-8-14-15-7-6-12-3-1-2-11-4-5-13(10-17(14)22)19(15)18(11)12/h1-10,22H,(H,23,24). The van der Waals surface area contributed by atoms with Crippen LogP contribution >= 0.6 is 0 Å². The highest BCUT2D eigenvalue weighted by Gasteiger charge is 2.14. The first kappa shape index (κ1) is 14.2. The lowest BCUT2D eigenvalue weighted by molar-refractivity contribution is -0.146. The van der Waals surface area contributed by atoms with Gasteiger partial charge in [0.15, 0.2) is 0 Å². The van der Waals surface area contributed by atoms with E-state index in [1.807, 2.05) is 42.5 Å². The fourth-order valence-electron chi connectivity index (χ4n) is 3.22. The van der Waals surface area contributed by atoms with Gasteiger partial charge in [0.2, 0.25) is 0 Å². The lowest BCUT2D eigenvalue weighted by Gasteiger charge is -2.13. The molecule has 24 heavy (non-hydrogen) atoms. The van der Waals surface area contributed by atoms with E-state index >= 15 is 0 Å². The smallest absolute Gasteiger partial charge is 0.376 e. The molecule has 0 aliphatic heterocycles. The van der Waals surface area contributed by atoms with Crippen molar-refractivity contribution in [2.45, 2.75) is 0 Å². The van der Waals surface area contributed by atoms with E-state index in [-0.39, 0.29) is 5.75 Å². The predicted octanol–water partition coefficient (Wildman–Crippen LogP) is 3.96. The van der Waals surface area contributed by atoms with E-state index in [0.29, 0.717) is 5.56 Å². The number of hydrogen-bond donors (Lipinski definition) is 2. The van der Waals surface area contributed by atoms with E-state index in [1.54, 1.807) is 6.07 Å². The number of phenolic OH excluding ortho intramolecular Hbond substituents is 1. The summed E-state index contributed by atoms with van der Waals surface area (Å²) in [4.78, 5) is 22.0. The summed E-state index contributed by atoms with van der Waals surface area (Å²) in [6.07, 6.45) is 2.33. The third-order valence-corrected chi connectivity index (χ3v) is 4.28. The zero-order valence-electron chi connectivity index (χ0n) is 12.5. The number of aliphatic carboxylic acids is 1. The van der Waals surface area contributed by atoms with Gasteiger partial charge in [-0.1, -0.05) is 42.5 Å². The first-order chi connectivity index (χ1) is 11.6. The van der Waals surface area contributed by atoms with Crippen LogP contribution in [0.2, 0.25) is 0 Å². The minimum Gasteiger partial charge on any atom is -0.507 e. The lowest BCUT2D eigenvalue weighted by atomic mass is 9.91. The molecule has 0 spiro atoms. The van der Waals surface area contributed by atoms with Crippen molar-refractivity contribution in [2.75, 3.05) is 0 Å². The minimum atomic E-state index is -1.52. The molecule has 0 aliphatic carbocycles. The number of carboxylic acid groups (broad SMARTS) is 1. The molecule has 4 aromatic rings. The summed E-state index contributed by atoms with van der Waals surface area (Å²) < 4.78 is 0. The summed E-state index contributed by atoms with van der Waals surface area (Å²) in [5.74, 6) is -2.54. The summed E-state index contributed by atoms with van der Waals surface area (Å²) in [7, 11) is 0. The third-order valence-electron chi connectivity index (χ3n) is 4.28. The van der Waals surface area contributed by atoms with E-state index in [2.05, 4.69) is 0 Å². The van der Waals surface area contributed by atoms with E-state index in [9.17, 15) is 14.7 Å². The van der Waals surface area contributed by atoms with Gasteiger partial charge in [0.05, 0.1) is 0 Å². The Kier molecular flexibility index (Phi) is 3.00. The van der Waals surface area contributed by atoms with Crippen LogP contribution in [-0.2, 0) is 9.59 Å². The van der Waals surface area contributed by atoms with Crippen LogP contribution in [0.1, 0.15) is 5.56 Å². The molecule has 0 radical (unpaired) electrons. The highest BCUT2D eigenvalue weighted by molar-refractivity contribution is 6.38. The topological polar surface area (TPSA) is 74.6 Å². The van der Waals surface area contributed by atoms with Gasteiger partial charge in [-0.25, -0.2) is 4.79 Å². The number of carbonyl (C=O) groups excluding carboxylic acids is 1. The van der Waals surface area contributed by atoms with Crippen LogP contribution in [0.3, 0.4) is 0 Å². The van der Waals surface area contributed by atoms with Gasteiger partial charge in [-0.15, -0.1) is 0 Å². The van der Waals surface area contributed by atoms with Gasteiger partial charge in [0.1, 0.15) is 5.75 Å². The SMILES string of the molecule is O=C(O)C(=O)C=Cc1c(O)cc2ccc3cccc4ccc1c2c34.